The third kappa shape index (κ3) is 5.79. The summed E-state index contributed by atoms with van der Waals surface area (Å²) in [6.07, 6.45) is 2.23. The minimum absolute atomic E-state index is 0.0282. The van der Waals surface area contributed by atoms with Crippen LogP contribution in [-0.2, 0) is 4.79 Å². The zero-order chi connectivity index (χ0) is 23.1. The van der Waals surface area contributed by atoms with E-state index in [0.717, 1.165) is 6.42 Å². The van der Waals surface area contributed by atoms with E-state index < -0.39 is 17.7 Å². The van der Waals surface area contributed by atoms with Gasteiger partial charge in [0, 0.05) is 32.7 Å². The molecule has 3 N–H and O–H groups in total. The Morgan fingerprint density at radius 1 is 1.12 bits per heavy atom. The van der Waals surface area contributed by atoms with Crippen molar-refractivity contribution in [2.24, 2.45) is 0 Å². The second kappa shape index (κ2) is 10.7. The van der Waals surface area contributed by atoms with Crippen LogP contribution in [0.5, 0.6) is 0 Å². The Morgan fingerprint density at radius 3 is 2.50 bits per heavy atom. The van der Waals surface area contributed by atoms with Gasteiger partial charge in [-0.2, -0.15) is 0 Å². The van der Waals surface area contributed by atoms with E-state index in [4.69, 9.17) is 0 Å². The highest BCUT2D eigenvalue weighted by atomic mass is 19.1. The maximum Gasteiger partial charge on any atom is 0.339 e. The van der Waals surface area contributed by atoms with Crippen molar-refractivity contribution in [1.82, 2.24) is 15.2 Å². The number of nitrogens with one attached hydrogen (secondary N) is 2. The van der Waals surface area contributed by atoms with Crippen LogP contribution in [0, 0.1) is 5.82 Å². The number of rotatable bonds is 8. The standard InChI is InChI=1S/C22H26FN5O4/c1-2-7-24-19(29)14-27-8-10-28(11-9-27)20-17(22(31)32)12-15(13-25-20)26-21(30)16-5-3-4-6-18(16)23/h3-6,12-13H,2,7-11,14H2,1H3,(H,24,29)(H,26,30)(H,31,32). The number of amides is 2. The molecule has 2 aromatic rings. The molecule has 10 heteroatoms. The van der Waals surface area contributed by atoms with Crippen LogP contribution >= 0.6 is 0 Å². The summed E-state index contributed by atoms with van der Waals surface area (Å²) >= 11 is 0. The molecule has 1 fully saturated rings. The number of aromatic nitrogens is 1. The molecular formula is C22H26FN5O4. The van der Waals surface area contributed by atoms with Crippen molar-refractivity contribution < 1.29 is 23.9 Å². The highest BCUT2D eigenvalue weighted by Gasteiger charge is 2.24. The molecule has 170 valence electrons. The first kappa shape index (κ1) is 23.1. The zero-order valence-electron chi connectivity index (χ0n) is 17.8. The Hall–Kier alpha value is -3.53. The van der Waals surface area contributed by atoms with Gasteiger partial charge in [-0.3, -0.25) is 14.5 Å². The predicted octanol–water partition coefficient (Wildman–Crippen LogP) is 1.82. The van der Waals surface area contributed by atoms with Crippen LogP contribution in [0.1, 0.15) is 34.1 Å². The van der Waals surface area contributed by atoms with E-state index >= 15 is 0 Å². The summed E-state index contributed by atoms with van der Waals surface area (Å²) in [6.45, 7) is 5.13. The summed E-state index contributed by atoms with van der Waals surface area (Å²) in [4.78, 5) is 44.2. The number of carbonyl (C=O) groups excluding carboxylic acids is 2. The molecule has 9 nitrogen and oxygen atoms in total. The fraction of sp³-hybridized carbons (Fsp3) is 0.364. The Bertz CT molecular complexity index is 992. The number of carbonyl (C=O) groups is 3. The molecular weight excluding hydrogens is 417 g/mol. The van der Waals surface area contributed by atoms with Crippen molar-refractivity contribution in [3.8, 4) is 0 Å². The summed E-state index contributed by atoms with van der Waals surface area (Å²) in [5, 5.41) is 15.0. The first-order chi connectivity index (χ1) is 15.4. The van der Waals surface area contributed by atoms with Gasteiger partial charge in [-0.15, -0.1) is 0 Å². The van der Waals surface area contributed by atoms with Crippen LogP contribution in [-0.4, -0.2) is 72.0 Å². The summed E-state index contributed by atoms with van der Waals surface area (Å²) in [5.41, 5.74) is -0.0522. The molecule has 32 heavy (non-hydrogen) atoms. The molecule has 0 saturated carbocycles. The van der Waals surface area contributed by atoms with Gasteiger partial charge < -0.3 is 20.6 Å². The van der Waals surface area contributed by atoms with Gasteiger partial charge in [-0.1, -0.05) is 19.1 Å². The van der Waals surface area contributed by atoms with Gasteiger partial charge in [-0.25, -0.2) is 14.2 Å². The van der Waals surface area contributed by atoms with Gasteiger partial charge >= 0.3 is 5.97 Å². The fourth-order valence-electron chi connectivity index (χ4n) is 3.42. The number of carboxylic acid groups (broad SMARTS) is 1. The maximum absolute atomic E-state index is 13.8. The molecule has 0 atom stereocenters. The van der Waals surface area contributed by atoms with Crippen molar-refractivity contribution in [2.45, 2.75) is 13.3 Å². The summed E-state index contributed by atoms with van der Waals surface area (Å²) in [7, 11) is 0. The molecule has 0 unspecified atom stereocenters. The molecule has 0 spiro atoms. The quantitative estimate of drug-likeness (QED) is 0.570. The van der Waals surface area contributed by atoms with Crippen molar-refractivity contribution in [2.75, 3.05) is 49.5 Å². The molecule has 0 aliphatic carbocycles. The predicted molar refractivity (Wildman–Crippen MR) is 118 cm³/mol. The molecule has 1 aliphatic rings. The van der Waals surface area contributed by atoms with Gasteiger partial charge in [0.2, 0.25) is 5.91 Å². The Kier molecular flexibility index (Phi) is 7.72. The van der Waals surface area contributed by atoms with Gasteiger partial charge in [0.15, 0.2) is 0 Å². The number of nitrogens with zero attached hydrogens (tertiary/aromatic N) is 3. The second-order valence-corrected chi connectivity index (χ2v) is 7.45. The Morgan fingerprint density at radius 2 is 1.84 bits per heavy atom. The molecule has 2 amide bonds. The van der Waals surface area contributed by atoms with Crippen LogP contribution < -0.4 is 15.5 Å². The van der Waals surface area contributed by atoms with Gasteiger partial charge in [0.1, 0.15) is 17.2 Å². The number of piperazine rings is 1. The lowest BCUT2D eigenvalue weighted by Crippen LogP contribution is -2.50. The van der Waals surface area contributed by atoms with Crippen molar-refractivity contribution >= 4 is 29.3 Å². The molecule has 2 heterocycles. The number of carboxylic acids is 1. The summed E-state index contributed by atoms with van der Waals surface area (Å²) in [6, 6.07) is 6.84. The number of pyridine rings is 1. The van der Waals surface area contributed by atoms with Gasteiger partial charge in [0.25, 0.3) is 5.91 Å². The first-order valence-electron chi connectivity index (χ1n) is 10.4. The van der Waals surface area contributed by atoms with E-state index in [2.05, 4.69) is 15.6 Å². The average Bonchev–Trinajstić information content (AvgIpc) is 2.78. The van der Waals surface area contributed by atoms with E-state index in [1.54, 1.807) is 0 Å². The third-order valence-electron chi connectivity index (χ3n) is 5.08. The van der Waals surface area contributed by atoms with Crippen molar-refractivity contribution in [3.05, 3.63) is 53.5 Å². The van der Waals surface area contributed by atoms with Gasteiger partial charge in [0.05, 0.1) is 24.0 Å². The Balaban J connectivity index is 1.67. The minimum Gasteiger partial charge on any atom is -0.478 e. The van der Waals surface area contributed by atoms with E-state index in [1.165, 1.54) is 36.5 Å². The largest absolute Gasteiger partial charge is 0.478 e. The second-order valence-electron chi connectivity index (χ2n) is 7.45. The molecule has 0 bridgehead atoms. The highest BCUT2D eigenvalue weighted by Crippen LogP contribution is 2.23. The third-order valence-corrected chi connectivity index (χ3v) is 5.08. The van der Waals surface area contributed by atoms with Crippen molar-refractivity contribution in [1.29, 1.82) is 0 Å². The smallest absolute Gasteiger partial charge is 0.339 e. The van der Waals surface area contributed by atoms with E-state index in [-0.39, 0.29) is 28.5 Å². The van der Waals surface area contributed by atoms with Crippen molar-refractivity contribution in [3.63, 3.8) is 0 Å². The van der Waals surface area contributed by atoms with Crippen LogP contribution in [0.4, 0.5) is 15.9 Å². The van der Waals surface area contributed by atoms with Crippen LogP contribution in [0.25, 0.3) is 0 Å². The number of halogens is 1. The summed E-state index contributed by atoms with van der Waals surface area (Å²) in [5.74, 6) is -2.29. The van der Waals surface area contributed by atoms with E-state index in [9.17, 15) is 23.9 Å². The minimum atomic E-state index is -1.18. The van der Waals surface area contributed by atoms with E-state index in [1.807, 2.05) is 16.7 Å². The normalized spacial score (nSPS) is 14.1. The topological polar surface area (TPSA) is 115 Å². The molecule has 1 aromatic carbocycles. The molecule has 1 aliphatic heterocycles. The summed E-state index contributed by atoms with van der Waals surface area (Å²) < 4.78 is 13.8. The number of benzene rings is 1. The SMILES string of the molecule is CCCNC(=O)CN1CCN(c2ncc(NC(=O)c3ccccc3F)cc2C(=O)O)CC1. The highest BCUT2D eigenvalue weighted by molar-refractivity contribution is 6.05. The molecule has 0 radical (unpaired) electrons. The number of hydrogen-bond donors (Lipinski definition) is 3. The van der Waals surface area contributed by atoms with Crippen LogP contribution in [0.15, 0.2) is 36.5 Å². The molecule has 1 aromatic heterocycles. The molecule has 3 rings (SSSR count). The van der Waals surface area contributed by atoms with Crippen LogP contribution in [0.2, 0.25) is 0 Å². The van der Waals surface area contributed by atoms with Crippen LogP contribution in [0.3, 0.4) is 0 Å². The van der Waals surface area contributed by atoms with Gasteiger partial charge in [-0.05, 0) is 24.6 Å². The lowest BCUT2D eigenvalue weighted by molar-refractivity contribution is -0.122. The maximum atomic E-state index is 13.8. The average molecular weight is 443 g/mol. The van der Waals surface area contributed by atoms with E-state index in [0.29, 0.717) is 39.3 Å². The monoisotopic (exact) mass is 443 g/mol. The number of hydrogen-bond acceptors (Lipinski definition) is 6. The lowest BCUT2D eigenvalue weighted by atomic mass is 10.1. The first-order valence-corrected chi connectivity index (χ1v) is 10.4. The number of aromatic carboxylic acids is 1. The molecule has 1 saturated heterocycles. The zero-order valence-corrected chi connectivity index (χ0v) is 17.8. The number of anilines is 2. The lowest BCUT2D eigenvalue weighted by Gasteiger charge is -2.35. The fourth-order valence-corrected chi connectivity index (χ4v) is 3.42. The Labute approximate surface area is 185 Å².